The molecule has 0 aromatic rings. The van der Waals surface area contributed by atoms with Crippen LogP contribution < -0.4 is 5.32 Å². The molecule has 2 rings (SSSR count). The third-order valence-corrected chi connectivity index (χ3v) is 5.38. The largest absolute Gasteiger partial charge is 0.324 e. The van der Waals surface area contributed by atoms with Crippen molar-refractivity contribution in [1.29, 1.82) is 0 Å². The van der Waals surface area contributed by atoms with E-state index in [4.69, 9.17) is 0 Å². The average molecular weight is 302 g/mol. The molecule has 0 bridgehead atoms. The zero-order valence-electron chi connectivity index (χ0n) is 12.6. The number of amides is 1. The Hall–Kier alpha value is -0.620. The number of sulfone groups is 1. The second-order valence-corrected chi connectivity index (χ2v) is 8.80. The van der Waals surface area contributed by atoms with Crippen molar-refractivity contribution < 1.29 is 13.2 Å². The molecule has 1 N–H and O–H groups in total. The summed E-state index contributed by atoms with van der Waals surface area (Å²) in [6, 6.07) is -0.167. The van der Waals surface area contributed by atoms with E-state index in [2.05, 4.69) is 5.32 Å². The number of nitrogens with one attached hydrogen (secondary N) is 1. The van der Waals surface area contributed by atoms with E-state index in [1.165, 1.54) is 19.1 Å². The molecular formula is C14H26N2O3S. The number of rotatable bonds is 5. The van der Waals surface area contributed by atoms with Gasteiger partial charge in [0.05, 0.1) is 18.0 Å². The van der Waals surface area contributed by atoms with E-state index < -0.39 is 9.84 Å². The van der Waals surface area contributed by atoms with Gasteiger partial charge in [0, 0.05) is 12.8 Å². The van der Waals surface area contributed by atoms with Gasteiger partial charge in [-0.25, -0.2) is 8.42 Å². The van der Waals surface area contributed by atoms with Crippen molar-refractivity contribution in [2.24, 2.45) is 11.8 Å². The number of carbonyl (C=O) groups is 1. The van der Waals surface area contributed by atoms with Crippen molar-refractivity contribution >= 4 is 15.7 Å². The van der Waals surface area contributed by atoms with Crippen molar-refractivity contribution in [2.45, 2.75) is 51.7 Å². The lowest BCUT2D eigenvalue weighted by Gasteiger charge is -2.28. The van der Waals surface area contributed by atoms with Crippen LogP contribution in [-0.4, -0.2) is 50.0 Å². The van der Waals surface area contributed by atoms with E-state index in [9.17, 15) is 13.2 Å². The van der Waals surface area contributed by atoms with Gasteiger partial charge in [-0.3, -0.25) is 10.1 Å². The lowest BCUT2D eigenvalue weighted by atomic mass is 10.0. The average Bonchev–Trinajstić information content (AvgIpc) is 2.92. The highest BCUT2D eigenvalue weighted by Crippen LogP contribution is 2.32. The third-order valence-electron chi connectivity index (χ3n) is 4.45. The maximum Gasteiger partial charge on any atom is 0.241 e. The lowest BCUT2D eigenvalue weighted by molar-refractivity contribution is -0.131. The van der Waals surface area contributed by atoms with Crippen molar-refractivity contribution in [3.63, 3.8) is 0 Å². The van der Waals surface area contributed by atoms with Gasteiger partial charge in [0.2, 0.25) is 5.91 Å². The summed E-state index contributed by atoms with van der Waals surface area (Å²) >= 11 is 0. The molecular weight excluding hydrogens is 276 g/mol. The summed E-state index contributed by atoms with van der Waals surface area (Å²) < 4.78 is 22.8. The first-order chi connectivity index (χ1) is 9.29. The van der Waals surface area contributed by atoms with Gasteiger partial charge in [0.15, 0.2) is 0 Å². The van der Waals surface area contributed by atoms with Crippen LogP contribution in [0, 0.1) is 11.8 Å². The molecule has 6 heteroatoms. The van der Waals surface area contributed by atoms with Crippen molar-refractivity contribution in [2.75, 3.05) is 18.6 Å². The van der Waals surface area contributed by atoms with Gasteiger partial charge in [-0.2, -0.15) is 0 Å². The van der Waals surface area contributed by atoms with Gasteiger partial charge in [0.25, 0.3) is 0 Å². The van der Waals surface area contributed by atoms with E-state index in [1.54, 1.807) is 4.90 Å². The molecule has 1 aliphatic carbocycles. The molecule has 1 amide bonds. The standard InChI is InChI=1S/C14H26N2O3S/c1-10(2)12-14(17)16(8-9-20(3,18)19)13(15-12)11-6-4-5-7-11/h10-13,15H,4-9H2,1-3H3. The fourth-order valence-corrected chi connectivity index (χ4v) is 3.84. The van der Waals surface area contributed by atoms with Gasteiger partial charge < -0.3 is 4.90 Å². The van der Waals surface area contributed by atoms with Crippen molar-refractivity contribution in [3.8, 4) is 0 Å². The second kappa shape index (κ2) is 6.02. The monoisotopic (exact) mass is 302 g/mol. The van der Waals surface area contributed by atoms with E-state index in [0.717, 1.165) is 12.8 Å². The molecule has 1 saturated carbocycles. The maximum atomic E-state index is 12.5. The predicted molar refractivity (Wildman–Crippen MR) is 78.9 cm³/mol. The van der Waals surface area contributed by atoms with Crippen LogP contribution in [0.5, 0.6) is 0 Å². The summed E-state index contributed by atoms with van der Waals surface area (Å²) in [5.41, 5.74) is 0. The zero-order chi connectivity index (χ0) is 14.9. The maximum absolute atomic E-state index is 12.5. The SMILES string of the molecule is CC(C)C1NC(C2CCCC2)N(CCS(C)(=O)=O)C1=O. The van der Waals surface area contributed by atoms with Crippen molar-refractivity contribution in [1.82, 2.24) is 10.2 Å². The summed E-state index contributed by atoms with van der Waals surface area (Å²) in [6.07, 6.45) is 5.94. The van der Waals surface area contributed by atoms with Gasteiger partial charge in [-0.05, 0) is 24.7 Å². The third kappa shape index (κ3) is 3.52. The van der Waals surface area contributed by atoms with E-state index in [1.807, 2.05) is 13.8 Å². The van der Waals surface area contributed by atoms with Crippen LogP contribution in [0.2, 0.25) is 0 Å². The molecule has 1 heterocycles. The van der Waals surface area contributed by atoms with E-state index in [0.29, 0.717) is 12.5 Å². The highest BCUT2D eigenvalue weighted by Gasteiger charge is 2.44. The minimum absolute atomic E-state index is 0.0270. The molecule has 0 spiro atoms. The Kier molecular flexibility index (Phi) is 4.74. The first kappa shape index (κ1) is 15.8. The fraction of sp³-hybridized carbons (Fsp3) is 0.929. The first-order valence-corrected chi connectivity index (χ1v) is 9.60. The Morgan fingerprint density at radius 3 is 2.40 bits per heavy atom. The molecule has 20 heavy (non-hydrogen) atoms. The molecule has 0 radical (unpaired) electrons. The topological polar surface area (TPSA) is 66.5 Å². The van der Waals surface area contributed by atoms with Gasteiger partial charge in [-0.1, -0.05) is 26.7 Å². The smallest absolute Gasteiger partial charge is 0.241 e. The molecule has 0 aromatic heterocycles. The highest BCUT2D eigenvalue weighted by molar-refractivity contribution is 7.90. The first-order valence-electron chi connectivity index (χ1n) is 7.54. The minimum atomic E-state index is -3.04. The van der Waals surface area contributed by atoms with Crippen LogP contribution in [0.15, 0.2) is 0 Å². The van der Waals surface area contributed by atoms with Crippen LogP contribution in [-0.2, 0) is 14.6 Å². The predicted octanol–water partition coefficient (Wildman–Crippen LogP) is 1.00. The van der Waals surface area contributed by atoms with Gasteiger partial charge >= 0.3 is 0 Å². The molecule has 2 fully saturated rings. The summed E-state index contributed by atoms with van der Waals surface area (Å²) in [4.78, 5) is 14.3. The Bertz CT molecular complexity index is 455. The summed E-state index contributed by atoms with van der Waals surface area (Å²) in [5, 5.41) is 3.45. The molecule has 5 nitrogen and oxygen atoms in total. The Morgan fingerprint density at radius 1 is 1.30 bits per heavy atom. The summed E-state index contributed by atoms with van der Waals surface area (Å²) in [5.74, 6) is 0.825. The second-order valence-electron chi connectivity index (χ2n) is 6.54. The molecule has 0 aromatic carbocycles. The van der Waals surface area contributed by atoms with Crippen molar-refractivity contribution in [3.05, 3.63) is 0 Å². The van der Waals surface area contributed by atoms with E-state index in [-0.39, 0.29) is 29.8 Å². The molecule has 2 aliphatic rings. The lowest BCUT2D eigenvalue weighted by Crippen LogP contribution is -2.44. The Labute approximate surface area is 122 Å². The molecule has 2 unspecified atom stereocenters. The van der Waals surface area contributed by atoms with Gasteiger partial charge in [0.1, 0.15) is 9.84 Å². The molecule has 2 atom stereocenters. The van der Waals surface area contributed by atoms with Crippen LogP contribution in [0.25, 0.3) is 0 Å². The van der Waals surface area contributed by atoms with E-state index >= 15 is 0 Å². The number of nitrogens with zero attached hydrogens (tertiary/aromatic N) is 1. The number of hydrogen-bond donors (Lipinski definition) is 1. The number of hydrogen-bond acceptors (Lipinski definition) is 4. The minimum Gasteiger partial charge on any atom is -0.324 e. The number of carbonyl (C=O) groups excluding carboxylic acids is 1. The summed E-state index contributed by atoms with van der Waals surface area (Å²) in [7, 11) is -3.04. The fourth-order valence-electron chi connectivity index (χ4n) is 3.32. The molecule has 116 valence electrons. The summed E-state index contributed by atoms with van der Waals surface area (Å²) in [6.45, 7) is 4.37. The quantitative estimate of drug-likeness (QED) is 0.823. The Balaban J connectivity index is 2.11. The van der Waals surface area contributed by atoms with Crippen LogP contribution in [0.4, 0.5) is 0 Å². The normalized spacial score (nSPS) is 28.8. The zero-order valence-corrected chi connectivity index (χ0v) is 13.4. The molecule has 1 aliphatic heterocycles. The molecule has 1 saturated heterocycles. The van der Waals surface area contributed by atoms with Crippen LogP contribution >= 0.6 is 0 Å². The van der Waals surface area contributed by atoms with Gasteiger partial charge in [-0.15, -0.1) is 0 Å². The van der Waals surface area contributed by atoms with Crippen LogP contribution in [0.1, 0.15) is 39.5 Å². The Morgan fingerprint density at radius 2 is 1.90 bits per heavy atom. The van der Waals surface area contributed by atoms with Crippen LogP contribution in [0.3, 0.4) is 0 Å². The highest BCUT2D eigenvalue weighted by atomic mass is 32.2.